The first kappa shape index (κ1) is 11.6. The van der Waals surface area contributed by atoms with Crippen LogP contribution in [0.2, 0.25) is 0 Å². The molecule has 0 aromatic carbocycles. The van der Waals surface area contributed by atoms with Gasteiger partial charge < -0.3 is 15.7 Å². The fourth-order valence-electron chi connectivity index (χ4n) is 0. The van der Waals surface area contributed by atoms with Crippen molar-refractivity contribution >= 4 is 0 Å². The average Bonchev–Trinajstić information content (AvgIpc) is 1.61. The van der Waals surface area contributed by atoms with Gasteiger partial charge in [-0.15, -0.1) is 0 Å². The maximum Gasteiger partial charge on any atom is 0.107 e. The van der Waals surface area contributed by atoms with Crippen LogP contribution in [0.15, 0.2) is 0 Å². The van der Waals surface area contributed by atoms with Gasteiger partial charge in [-0.05, 0) is 20.8 Å². The summed E-state index contributed by atoms with van der Waals surface area (Å²) in [5, 5.41) is 8.30. The predicted molar refractivity (Wildman–Crippen MR) is 36.3 cm³/mol. The van der Waals surface area contributed by atoms with E-state index >= 15 is 0 Å². The van der Waals surface area contributed by atoms with Crippen molar-refractivity contribution in [3.63, 3.8) is 0 Å². The van der Waals surface area contributed by atoms with Crippen molar-refractivity contribution in [2.24, 2.45) is 11.6 Å². The highest BCUT2D eigenvalue weighted by Crippen LogP contribution is 1.82. The molecule has 4 nitrogen and oxygen atoms in total. The minimum Gasteiger partial charge on any atom is -0.377 e. The van der Waals surface area contributed by atoms with Crippen molar-refractivity contribution in [3.8, 4) is 0 Å². The van der Waals surface area contributed by atoms with E-state index < -0.39 is 5.72 Å². The fourth-order valence-corrected chi connectivity index (χ4v) is 0. The zero-order valence-corrected chi connectivity index (χ0v) is 6.22. The van der Waals surface area contributed by atoms with Gasteiger partial charge in [0.25, 0.3) is 0 Å². The summed E-state index contributed by atoms with van der Waals surface area (Å²) in [4.78, 5) is 4.04. The van der Waals surface area contributed by atoms with E-state index in [4.69, 9.17) is 10.8 Å². The van der Waals surface area contributed by atoms with Crippen LogP contribution in [-0.2, 0) is 4.84 Å². The van der Waals surface area contributed by atoms with Crippen molar-refractivity contribution in [2.45, 2.75) is 26.5 Å². The standard InChI is InChI=1S/C3H9NO.C2H7NO/c1-3(2,4)5;1-2-4-3/h5H,4H2,1-2H3;2-3H2,1H3. The second kappa shape index (κ2) is 5.97. The maximum atomic E-state index is 8.30. The van der Waals surface area contributed by atoms with Crippen molar-refractivity contribution < 1.29 is 9.94 Å². The Labute approximate surface area is 55.7 Å². The van der Waals surface area contributed by atoms with E-state index in [9.17, 15) is 0 Å². The van der Waals surface area contributed by atoms with Gasteiger partial charge >= 0.3 is 0 Å². The molecule has 0 rings (SSSR count). The molecule has 0 spiro atoms. The van der Waals surface area contributed by atoms with Gasteiger partial charge in [-0.2, -0.15) is 0 Å². The summed E-state index contributed by atoms with van der Waals surface area (Å²) in [6.45, 7) is 5.47. The van der Waals surface area contributed by atoms with E-state index in [-0.39, 0.29) is 0 Å². The fraction of sp³-hybridized carbons (Fsp3) is 1.00. The molecule has 0 radical (unpaired) electrons. The highest BCUT2D eigenvalue weighted by atomic mass is 16.6. The molecule has 0 fully saturated rings. The molecule has 0 unspecified atom stereocenters. The van der Waals surface area contributed by atoms with Crippen molar-refractivity contribution in [3.05, 3.63) is 0 Å². The number of hydrogen-bond donors (Lipinski definition) is 3. The molecule has 0 bridgehead atoms. The normalized spacial score (nSPS) is 10.0. The SMILES string of the molecule is CC(C)(N)O.CCON. The third-order valence-corrected chi connectivity index (χ3v) is 0.167. The first-order valence-electron chi connectivity index (χ1n) is 2.74. The van der Waals surface area contributed by atoms with Crippen LogP contribution in [0, 0.1) is 0 Å². The lowest BCUT2D eigenvalue weighted by atomic mass is 10.4. The number of rotatable bonds is 1. The van der Waals surface area contributed by atoms with Gasteiger partial charge in [0.2, 0.25) is 0 Å². The van der Waals surface area contributed by atoms with E-state index in [1.54, 1.807) is 0 Å². The van der Waals surface area contributed by atoms with Gasteiger partial charge in [-0.1, -0.05) is 0 Å². The topological polar surface area (TPSA) is 81.5 Å². The summed E-state index contributed by atoms with van der Waals surface area (Å²) >= 11 is 0. The van der Waals surface area contributed by atoms with Crippen LogP contribution in [0.25, 0.3) is 0 Å². The molecule has 9 heavy (non-hydrogen) atoms. The average molecular weight is 136 g/mol. The molecule has 0 heterocycles. The van der Waals surface area contributed by atoms with Crippen LogP contribution in [0.3, 0.4) is 0 Å². The third kappa shape index (κ3) is 379. The summed E-state index contributed by atoms with van der Waals surface area (Å²) in [5.41, 5.74) is 3.91. The van der Waals surface area contributed by atoms with E-state index in [2.05, 4.69) is 10.7 Å². The number of aliphatic hydroxyl groups is 1. The highest BCUT2D eigenvalue weighted by molar-refractivity contribution is 4.47. The molecule has 0 aromatic heterocycles. The highest BCUT2D eigenvalue weighted by Gasteiger charge is 1.98. The van der Waals surface area contributed by atoms with Crippen LogP contribution < -0.4 is 11.6 Å². The minimum absolute atomic E-state index is 0.597. The molecule has 0 saturated heterocycles. The first-order valence-corrected chi connectivity index (χ1v) is 2.74. The Kier molecular flexibility index (Phi) is 7.70. The molecule has 0 amide bonds. The number of hydrogen-bond acceptors (Lipinski definition) is 4. The summed E-state index contributed by atoms with van der Waals surface area (Å²) in [6, 6.07) is 0. The smallest absolute Gasteiger partial charge is 0.107 e. The lowest BCUT2D eigenvalue weighted by Crippen LogP contribution is -2.30. The van der Waals surface area contributed by atoms with E-state index in [1.807, 2.05) is 6.92 Å². The first-order chi connectivity index (χ1) is 3.91. The Bertz CT molecular complexity index is 43.4. The minimum atomic E-state index is -1.00. The van der Waals surface area contributed by atoms with Gasteiger partial charge in [0.1, 0.15) is 5.72 Å². The van der Waals surface area contributed by atoms with Crippen LogP contribution in [-0.4, -0.2) is 17.4 Å². The van der Waals surface area contributed by atoms with Gasteiger partial charge in [0, 0.05) is 0 Å². The lowest BCUT2D eigenvalue weighted by molar-refractivity contribution is 0.0881. The van der Waals surface area contributed by atoms with Crippen LogP contribution >= 0.6 is 0 Å². The van der Waals surface area contributed by atoms with E-state index in [0.29, 0.717) is 6.61 Å². The van der Waals surface area contributed by atoms with E-state index in [1.165, 1.54) is 13.8 Å². The zero-order chi connectivity index (χ0) is 7.91. The largest absolute Gasteiger partial charge is 0.377 e. The quantitative estimate of drug-likeness (QED) is 0.337. The van der Waals surface area contributed by atoms with Crippen molar-refractivity contribution in [2.75, 3.05) is 6.61 Å². The molecule has 4 heteroatoms. The van der Waals surface area contributed by atoms with Crippen molar-refractivity contribution in [1.82, 2.24) is 0 Å². The van der Waals surface area contributed by atoms with Gasteiger partial charge in [0.05, 0.1) is 6.61 Å². The summed E-state index contributed by atoms with van der Waals surface area (Å²) < 4.78 is 0. The number of nitrogens with two attached hydrogens (primary N) is 2. The molecule has 58 valence electrons. The van der Waals surface area contributed by atoms with Crippen molar-refractivity contribution in [1.29, 1.82) is 0 Å². The maximum absolute atomic E-state index is 8.30. The van der Waals surface area contributed by atoms with Crippen LogP contribution in [0.1, 0.15) is 20.8 Å². The van der Waals surface area contributed by atoms with Crippen LogP contribution in [0.5, 0.6) is 0 Å². The monoisotopic (exact) mass is 136 g/mol. The summed E-state index contributed by atoms with van der Waals surface area (Å²) in [6.07, 6.45) is 0. The molecular weight excluding hydrogens is 120 g/mol. The zero-order valence-electron chi connectivity index (χ0n) is 6.22. The predicted octanol–water partition coefficient (Wildman–Crippen LogP) is -0.430. The van der Waals surface area contributed by atoms with Gasteiger partial charge in [-0.3, -0.25) is 0 Å². The second-order valence-electron chi connectivity index (χ2n) is 2.11. The van der Waals surface area contributed by atoms with Gasteiger partial charge in [-0.25, -0.2) is 5.90 Å². The molecular formula is C5H16N2O2. The Morgan fingerprint density at radius 2 is 1.67 bits per heavy atom. The molecule has 5 N–H and O–H groups in total. The Hall–Kier alpha value is -0.160. The third-order valence-electron chi connectivity index (χ3n) is 0.167. The molecule has 0 atom stereocenters. The van der Waals surface area contributed by atoms with E-state index in [0.717, 1.165) is 0 Å². The molecule has 0 aliphatic rings. The summed E-state index contributed by atoms with van der Waals surface area (Å²) in [7, 11) is 0. The Balaban J connectivity index is 0. The van der Waals surface area contributed by atoms with Gasteiger partial charge in [0.15, 0.2) is 0 Å². The Morgan fingerprint density at radius 3 is 1.67 bits per heavy atom. The summed E-state index contributed by atoms with van der Waals surface area (Å²) in [5.74, 6) is 4.53. The molecule has 0 aliphatic carbocycles. The second-order valence-corrected chi connectivity index (χ2v) is 2.11. The lowest BCUT2D eigenvalue weighted by Gasteiger charge is -2.05. The van der Waals surface area contributed by atoms with Crippen LogP contribution in [0.4, 0.5) is 0 Å². The molecule has 0 aliphatic heterocycles. The Morgan fingerprint density at radius 1 is 1.56 bits per heavy atom. The molecule has 0 aromatic rings. The molecule has 0 saturated carbocycles.